The molecule has 0 aliphatic carbocycles. The van der Waals surface area contributed by atoms with E-state index in [1.54, 1.807) is 28.0 Å². The number of carbonyl (C=O) groups is 1. The van der Waals surface area contributed by atoms with Crippen LogP contribution in [0.5, 0.6) is 0 Å². The van der Waals surface area contributed by atoms with Crippen LogP contribution in [0.3, 0.4) is 0 Å². The smallest absolute Gasteiger partial charge is 0.254 e. The number of ether oxygens (including phenoxy) is 1. The number of aromatic nitrogens is 5. The van der Waals surface area contributed by atoms with Crippen LogP contribution in [0.15, 0.2) is 28.8 Å². The molecule has 12 nitrogen and oxygen atoms in total. The van der Waals surface area contributed by atoms with Gasteiger partial charge < -0.3 is 26.4 Å². The molecule has 1 aliphatic rings. The Balaban J connectivity index is 1.36. The lowest BCUT2D eigenvalue weighted by molar-refractivity contribution is -0.362. The molecule has 6 N–H and O–H groups in total. The average Bonchev–Trinajstić information content (AvgIpc) is 3.67. The highest BCUT2D eigenvalue weighted by atomic mass is 32.1. The first kappa shape index (κ1) is 24.8. The molecule has 0 aromatic carbocycles. The molecule has 38 heavy (non-hydrogen) atoms. The van der Waals surface area contributed by atoms with E-state index < -0.39 is 5.91 Å². The number of nitrogens with two attached hydrogens (primary N) is 1. The van der Waals surface area contributed by atoms with Gasteiger partial charge in [0.05, 0.1) is 46.4 Å². The molecule has 5 aromatic rings. The zero-order valence-electron chi connectivity index (χ0n) is 20.2. The second-order valence-electron chi connectivity index (χ2n) is 8.59. The summed E-state index contributed by atoms with van der Waals surface area (Å²) in [5.74, 6) is -0.106. The summed E-state index contributed by atoms with van der Waals surface area (Å²) in [5, 5.41) is 15.0. The Hall–Kier alpha value is -3.50. The van der Waals surface area contributed by atoms with Gasteiger partial charge in [0.25, 0.3) is 5.91 Å². The fourth-order valence-corrected chi connectivity index (χ4v) is 7.75. The van der Waals surface area contributed by atoms with E-state index >= 15 is 0 Å². The monoisotopic (exact) mass is 570 g/mol. The summed E-state index contributed by atoms with van der Waals surface area (Å²) in [6.45, 7) is 4.09. The van der Waals surface area contributed by atoms with Crippen molar-refractivity contribution in [1.29, 1.82) is 0 Å². The minimum Gasteiger partial charge on any atom is -0.378 e. The SMILES string of the molecule is NC(=O)c1c(Cc2cnc(-c3csc4c(=O)cc(N5CCOCC5)sc34)s2)nc(NCC[NH3+])n2cnnc12. The maximum Gasteiger partial charge on any atom is 0.254 e. The van der Waals surface area contributed by atoms with E-state index in [-0.39, 0.29) is 11.0 Å². The lowest BCUT2D eigenvalue weighted by Gasteiger charge is -2.28. The van der Waals surface area contributed by atoms with E-state index in [0.717, 1.165) is 42.9 Å². The van der Waals surface area contributed by atoms with Gasteiger partial charge in [0.1, 0.15) is 16.9 Å². The number of morpholine rings is 1. The third-order valence-corrected chi connectivity index (χ3v) is 9.48. The molecule has 0 radical (unpaired) electrons. The lowest BCUT2D eigenvalue weighted by Crippen LogP contribution is -2.53. The van der Waals surface area contributed by atoms with Gasteiger partial charge in [0.15, 0.2) is 11.1 Å². The van der Waals surface area contributed by atoms with Gasteiger partial charge in [-0.25, -0.2) is 9.97 Å². The van der Waals surface area contributed by atoms with Crippen molar-refractivity contribution in [3.05, 3.63) is 50.3 Å². The number of hydrogen-bond acceptors (Lipinski definition) is 12. The van der Waals surface area contributed by atoms with E-state index in [2.05, 4.69) is 31.1 Å². The minimum absolute atomic E-state index is 0.0208. The van der Waals surface area contributed by atoms with E-state index in [4.69, 9.17) is 15.5 Å². The molecule has 0 unspecified atom stereocenters. The van der Waals surface area contributed by atoms with Gasteiger partial charge in [0, 0.05) is 47.6 Å². The molecule has 6 heterocycles. The summed E-state index contributed by atoms with van der Waals surface area (Å²) in [5.41, 5.74) is 11.6. The summed E-state index contributed by atoms with van der Waals surface area (Å²) >= 11 is 4.55. The van der Waals surface area contributed by atoms with Crippen LogP contribution in [-0.4, -0.2) is 69.9 Å². The normalized spacial score (nSPS) is 14.0. The first-order valence-corrected chi connectivity index (χ1v) is 14.4. The van der Waals surface area contributed by atoms with Crippen molar-refractivity contribution < 1.29 is 15.3 Å². The maximum atomic E-state index is 12.9. The molecule has 1 amide bonds. The van der Waals surface area contributed by atoms with Crippen molar-refractivity contribution in [3.63, 3.8) is 0 Å². The van der Waals surface area contributed by atoms with Crippen LogP contribution in [0.2, 0.25) is 0 Å². The molecule has 0 spiro atoms. The molecule has 6 rings (SSSR count). The van der Waals surface area contributed by atoms with Gasteiger partial charge >= 0.3 is 0 Å². The quantitative estimate of drug-likeness (QED) is 0.247. The molecule has 1 aliphatic heterocycles. The van der Waals surface area contributed by atoms with Crippen molar-refractivity contribution in [3.8, 4) is 10.6 Å². The molecule has 1 saturated heterocycles. The van der Waals surface area contributed by atoms with E-state index in [1.165, 1.54) is 29.0 Å². The Bertz CT molecular complexity index is 1700. The lowest BCUT2D eigenvalue weighted by atomic mass is 10.1. The number of hydrogen-bond donors (Lipinski definition) is 3. The number of rotatable bonds is 8. The Morgan fingerprint density at radius 3 is 2.87 bits per heavy atom. The zero-order valence-corrected chi connectivity index (χ0v) is 22.6. The highest BCUT2D eigenvalue weighted by Crippen LogP contribution is 2.40. The third kappa shape index (κ3) is 4.52. The number of carbonyl (C=O) groups excluding carboxylic acids is 1. The Morgan fingerprint density at radius 2 is 2.08 bits per heavy atom. The van der Waals surface area contributed by atoms with Gasteiger partial charge in [-0.2, -0.15) is 0 Å². The van der Waals surface area contributed by atoms with Crippen LogP contribution in [0, 0.1) is 0 Å². The topological polar surface area (TPSA) is 168 Å². The summed E-state index contributed by atoms with van der Waals surface area (Å²) < 4.78 is 8.75. The number of nitrogens with zero attached hydrogens (tertiary/aromatic N) is 6. The van der Waals surface area contributed by atoms with Gasteiger partial charge in [0.2, 0.25) is 5.95 Å². The van der Waals surface area contributed by atoms with Crippen molar-refractivity contribution in [2.75, 3.05) is 49.6 Å². The minimum atomic E-state index is -0.622. The standard InChI is InChI=1S/C23H23N9O3S3/c24-1-2-26-23-29-14(17(20(25)34)21-30-28-11-32(21)23)7-12-9-27-22(37-12)13-10-36-19-15(33)8-16(38-18(13)19)31-3-5-35-6-4-31/h8-11H,1-7,24H2,(H2,25,34)(H,26,29)/p+1. The number of anilines is 2. The van der Waals surface area contributed by atoms with Crippen molar-refractivity contribution in [1.82, 2.24) is 24.6 Å². The van der Waals surface area contributed by atoms with Crippen LogP contribution in [0.1, 0.15) is 20.9 Å². The fourth-order valence-electron chi connectivity index (χ4n) is 4.33. The second-order valence-corrected chi connectivity index (χ2v) is 11.6. The number of fused-ring (bicyclic) bond motifs is 2. The van der Waals surface area contributed by atoms with E-state index in [1.807, 2.05) is 5.38 Å². The number of nitrogens with one attached hydrogen (secondary N) is 1. The molecule has 0 saturated carbocycles. The Morgan fingerprint density at radius 1 is 1.24 bits per heavy atom. The van der Waals surface area contributed by atoms with Crippen molar-refractivity contribution >= 4 is 65.9 Å². The molecule has 196 valence electrons. The van der Waals surface area contributed by atoms with Crippen LogP contribution in [0.4, 0.5) is 10.9 Å². The third-order valence-electron chi connectivity index (χ3n) is 6.11. The van der Waals surface area contributed by atoms with Crippen LogP contribution in [-0.2, 0) is 11.2 Å². The van der Waals surface area contributed by atoms with Crippen LogP contribution < -0.4 is 27.1 Å². The van der Waals surface area contributed by atoms with Gasteiger partial charge in [-0.05, 0) is 0 Å². The fraction of sp³-hybridized carbons (Fsp3) is 0.304. The summed E-state index contributed by atoms with van der Waals surface area (Å²) in [4.78, 5) is 37.8. The second kappa shape index (κ2) is 10.3. The summed E-state index contributed by atoms with van der Waals surface area (Å²) in [6.07, 6.45) is 3.62. The van der Waals surface area contributed by atoms with Crippen LogP contribution >= 0.6 is 34.0 Å². The number of primary amides is 1. The molecule has 0 bridgehead atoms. The first-order valence-electron chi connectivity index (χ1n) is 11.9. The maximum absolute atomic E-state index is 12.9. The van der Waals surface area contributed by atoms with Gasteiger partial charge in [-0.3, -0.25) is 14.0 Å². The molecule has 0 atom stereocenters. The highest BCUT2D eigenvalue weighted by molar-refractivity contribution is 7.29. The molecular formula is C23H24N9O3S3+. The van der Waals surface area contributed by atoms with Gasteiger partial charge in [-0.1, -0.05) is 0 Å². The average molecular weight is 571 g/mol. The zero-order chi connectivity index (χ0) is 26.2. The Kier molecular flexibility index (Phi) is 6.75. The number of thiophene rings is 1. The van der Waals surface area contributed by atoms with Crippen molar-refractivity contribution in [2.45, 2.75) is 6.42 Å². The summed E-state index contributed by atoms with van der Waals surface area (Å²) in [7, 11) is 0. The molecule has 1 fully saturated rings. The molecular weight excluding hydrogens is 547 g/mol. The van der Waals surface area contributed by atoms with Gasteiger partial charge in [-0.15, -0.1) is 44.2 Å². The highest BCUT2D eigenvalue weighted by Gasteiger charge is 2.22. The molecule has 5 aromatic heterocycles. The number of quaternary nitrogens is 1. The largest absolute Gasteiger partial charge is 0.378 e. The van der Waals surface area contributed by atoms with Crippen LogP contribution in [0.25, 0.3) is 25.6 Å². The van der Waals surface area contributed by atoms with Crippen molar-refractivity contribution in [2.24, 2.45) is 5.73 Å². The number of thiazole rings is 1. The molecule has 15 heteroatoms. The predicted octanol–water partition coefficient (Wildman–Crippen LogP) is 1.06. The predicted molar refractivity (Wildman–Crippen MR) is 148 cm³/mol. The number of amides is 1. The van der Waals surface area contributed by atoms with E-state index in [9.17, 15) is 9.59 Å². The summed E-state index contributed by atoms with van der Waals surface area (Å²) in [6, 6.07) is 1.73. The first-order chi connectivity index (χ1) is 18.5. The Labute approximate surface area is 227 Å². The van der Waals surface area contributed by atoms with E-state index in [0.29, 0.717) is 50.0 Å².